The fraction of sp³-hybridized carbons (Fsp3) is 0.200. The third-order valence-corrected chi connectivity index (χ3v) is 5.29. The molecule has 3 rings (SSSR count). The Bertz CT molecular complexity index is 892. The molecule has 0 aliphatic carbocycles. The number of aliphatic hydroxyl groups is 1. The number of amides is 2. The average Bonchev–Trinajstić information content (AvgIpc) is 2.87. The van der Waals surface area contributed by atoms with Gasteiger partial charge in [-0.15, -0.1) is 0 Å². The fourth-order valence-corrected chi connectivity index (χ4v) is 3.71. The van der Waals surface area contributed by atoms with Crippen LogP contribution in [0.15, 0.2) is 64.0 Å². The van der Waals surface area contributed by atoms with E-state index in [-0.39, 0.29) is 18.8 Å². The molecule has 1 heterocycles. The maximum Gasteiger partial charge on any atom is 0.277 e. The largest absolute Gasteiger partial charge is 0.395 e. The third-order valence-electron chi connectivity index (χ3n) is 4.04. The summed E-state index contributed by atoms with van der Waals surface area (Å²) in [7, 11) is 0. The highest BCUT2D eigenvalue weighted by atomic mass is 32.2. The van der Waals surface area contributed by atoms with Gasteiger partial charge >= 0.3 is 0 Å². The van der Waals surface area contributed by atoms with Crippen LogP contribution in [0.5, 0.6) is 0 Å². The summed E-state index contributed by atoms with van der Waals surface area (Å²) in [6, 6.07) is 13.9. The Balaban J connectivity index is 1.83. The van der Waals surface area contributed by atoms with Crippen LogP contribution in [-0.2, 0) is 9.59 Å². The standard InChI is InChI=1S/C20H20N2O3S/c1-13-7-8-17(14(2)11-13)26-18-6-4-3-5-15(18)21-16-12-19(24)22(9-10-23)20(16)25/h3-8,11-12,21,23H,9-10H2,1-2H3. The van der Waals surface area contributed by atoms with Crippen LogP contribution in [0.3, 0.4) is 0 Å². The number of anilines is 1. The number of imide groups is 1. The van der Waals surface area contributed by atoms with Crippen LogP contribution in [0, 0.1) is 13.8 Å². The van der Waals surface area contributed by atoms with E-state index in [1.54, 1.807) is 11.8 Å². The monoisotopic (exact) mass is 368 g/mol. The van der Waals surface area contributed by atoms with E-state index in [0.717, 1.165) is 20.4 Å². The number of hydrogen-bond acceptors (Lipinski definition) is 5. The Morgan fingerprint density at radius 1 is 1.08 bits per heavy atom. The number of rotatable bonds is 6. The lowest BCUT2D eigenvalue weighted by molar-refractivity contribution is -0.137. The second-order valence-electron chi connectivity index (χ2n) is 6.07. The first kappa shape index (κ1) is 18.2. The number of nitrogens with zero attached hydrogens (tertiary/aromatic N) is 1. The fourth-order valence-electron chi connectivity index (χ4n) is 2.75. The minimum Gasteiger partial charge on any atom is -0.395 e. The van der Waals surface area contributed by atoms with Gasteiger partial charge in [0.2, 0.25) is 0 Å². The maximum absolute atomic E-state index is 12.3. The van der Waals surface area contributed by atoms with E-state index >= 15 is 0 Å². The van der Waals surface area contributed by atoms with Crippen molar-refractivity contribution in [1.29, 1.82) is 0 Å². The van der Waals surface area contributed by atoms with Crippen molar-refractivity contribution in [2.24, 2.45) is 0 Å². The zero-order chi connectivity index (χ0) is 18.7. The zero-order valence-corrected chi connectivity index (χ0v) is 15.5. The highest BCUT2D eigenvalue weighted by Crippen LogP contribution is 2.36. The number of β-amino-alcohol motifs (C(OH)–C–C–N with tert-alkyl or cyclic N) is 1. The third kappa shape index (κ3) is 3.81. The minimum atomic E-state index is -0.421. The molecule has 0 aromatic heterocycles. The van der Waals surface area contributed by atoms with E-state index in [1.165, 1.54) is 17.2 Å². The number of para-hydroxylation sites is 1. The number of carbonyl (C=O) groups excluding carboxylic acids is 2. The summed E-state index contributed by atoms with van der Waals surface area (Å²) in [6.07, 6.45) is 1.27. The second-order valence-corrected chi connectivity index (χ2v) is 7.15. The first-order chi connectivity index (χ1) is 12.5. The molecule has 2 N–H and O–H groups in total. The van der Waals surface area contributed by atoms with Crippen LogP contribution in [0.25, 0.3) is 0 Å². The summed E-state index contributed by atoms with van der Waals surface area (Å²) >= 11 is 1.61. The summed E-state index contributed by atoms with van der Waals surface area (Å²) in [5.41, 5.74) is 3.38. The highest BCUT2D eigenvalue weighted by Gasteiger charge is 2.30. The van der Waals surface area contributed by atoms with Gasteiger partial charge in [0, 0.05) is 15.9 Å². The van der Waals surface area contributed by atoms with Gasteiger partial charge in [0.05, 0.1) is 18.8 Å². The van der Waals surface area contributed by atoms with Crippen molar-refractivity contribution in [3.05, 3.63) is 65.4 Å². The molecule has 0 saturated carbocycles. The van der Waals surface area contributed by atoms with Crippen LogP contribution in [0.1, 0.15) is 11.1 Å². The molecule has 6 heteroatoms. The summed E-state index contributed by atoms with van der Waals surface area (Å²) in [6.45, 7) is 3.88. The molecule has 0 fully saturated rings. The van der Waals surface area contributed by atoms with E-state index in [4.69, 9.17) is 5.11 Å². The lowest BCUT2D eigenvalue weighted by atomic mass is 10.2. The Morgan fingerprint density at radius 2 is 1.85 bits per heavy atom. The number of hydrogen-bond donors (Lipinski definition) is 2. The first-order valence-electron chi connectivity index (χ1n) is 8.29. The maximum atomic E-state index is 12.3. The first-order valence-corrected chi connectivity index (χ1v) is 9.11. The SMILES string of the molecule is Cc1ccc(Sc2ccccc2NC2=CC(=O)N(CCO)C2=O)c(C)c1. The number of aliphatic hydroxyl groups excluding tert-OH is 1. The van der Waals surface area contributed by atoms with Gasteiger partial charge in [0.25, 0.3) is 11.8 Å². The molecule has 0 unspecified atom stereocenters. The van der Waals surface area contributed by atoms with Gasteiger partial charge in [-0.1, -0.05) is 41.6 Å². The van der Waals surface area contributed by atoms with Gasteiger partial charge in [0.15, 0.2) is 0 Å². The number of aryl methyl sites for hydroxylation is 2. The van der Waals surface area contributed by atoms with E-state index in [2.05, 4.69) is 37.4 Å². The highest BCUT2D eigenvalue weighted by molar-refractivity contribution is 7.99. The van der Waals surface area contributed by atoms with Gasteiger partial charge in [-0.25, -0.2) is 0 Å². The molecule has 2 aromatic rings. The lowest BCUT2D eigenvalue weighted by Crippen LogP contribution is -2.34. The van der Waals surface area contributed by atoms with Crippen LogP contribution in [0.4, 0.5) is 5.69 Å². The van der Waals surface area contributed by atoms with Gasteiger partial charge in [-0.05, 0) is 37.6 Å². The minimum absolute atomic E-state index is 0.00168. The van der Waals surface area contributed by atoms with E-state index in [9.17, 15) is 9.59 Å². The summed E-state index contributed by atoms with van der Waals surface area (Å²) in [4.78, 5) is 27.4. The molecular formula is C20H20N2O3S. The quantitative estimate of drug-likeness (QED) is 0.767. The molecule has 134 valence electrons. The molecule has 0 radical (unpaired) electrons. The van der Waals surface area contributed by atoms with Crippen molar-refractivity contribution in [2.75, 3.05) is 18.5 Å². The summed E-state index contributed by atoms with van der Waals surface area (Å²) in [5, 5.41) is 12.1. The molecule has 2 amide bonds. The van der Waals surface area contributed by atoms with Crippen LogP contribution < -0.4 is 5.32 Å². The Labute approximate surface area is 156 Å². The van der Waals surface area contributed by atoms with E-state index in [0.29, 0.717) is 0 Å². The molecular weight excluding hydrogens is 348 g/mol. The van der Waals surface area contributed by atoms with Crippen molar-refractivity contribution >= 4 is 29.3 Å². The summed E-state index contributed by atoms with van der Waals surface area (Å²) < 4.78 is 0. The molecule has 0 spiro atoms. The van der Waals surface area contributed by atoms with Crippen molar-refractivity contribution in [2.45, 2.75) is 23.6 Å². The Hall–Kier alpha value is -2.57. The van der Waals surface area contributed by atoms with Gasteiger partial charge in [-0.3, -0.25) is 14.5 Å². The van der Waals surface area contributed by atoms with Gasteiger partial charge in [0.1, 0.15) is 5.70 Å². The molecule has 0 atom stereocenters. The molecule has 0 bridgehead atoms. The lowest BCUT2D eigenvalue weighted by Gasteiger charge is -2.15. The number of benzene rings is 2. The van der Waals surface area contributed by atoms with Gasteiger partial charge in [-0.2, -0.15) is 0 Å². The van der Waals surface area contributed by atoms with Crippen molar-refractivity contribution in [3.8, 4) is 0 Å². The van der Waals surface area contributed by atoms with Crippen LogP contribution >= 0.6 is 11.8 Å². The molecule has 1 aliphatic heterocycles. The van der Waals surface area contributed by atoms with Crippen LogP contribution in [0.2, 0.25) is 0 Å². The van der Waals surface area contributed by atoms with Crippen molar-refractivity contribution in [3.63, 3.8) is 0 Å². The second kappa shape index (κ2) is 7.76. The van der Waals surface area contributed by atoms with Crippen molar-refractivity contribution < 1.29 is 14.7 Å². The molecule has 1 aliphatic rings. The van der Waals surface area contributed by atoms with Crippen molar-refractivity contribution in [1.82, 2.24) is 4.90 Å². The predicted octanol–water partition coefficient (Wildman–Crippen LogP) is 3.11. The Kier molecular flexibility index (Phi) is 5.44. The van der Waals surface area contributed by atoms with Crippen LogP contribution in [-0.4, -0.2) is 35.0 Å². The Morgan fingerprint density at radius 3 is 2.58 bits per heavy atom. The van der Waals surface area contributed by atoms with Gasteiger partial charge < -0.3 is 10.4 Å². The topological polar surface area (TPSA) is 69.6 Å². The molecule has 26 heavy (non-hydrogen) atoms. The molecule has 2 aromatic carbocycles. The number of nitrogens with one attached hydrogen (secondary N) is 1. The normalized spacial score (nSPS) is 14.0. The number of carbonyl (C=O) groups is 2. The average molecular weight is 368 g/mol. The smallest absolute Gasteiger partial charge is 0.277 e. The molecule has 0 saturated heterocycles. The van der Waals surface area contributed by atoms with E-state index in [1.807, 2.05) is 24.3 Å². The zero-order valence-electron chi connectivity index (χ0n) is 14.7. The predicted molar refractivity (Wildman–Crippen MR) is 102 cm³/mol. The molecule has 5 nitrogen and oxygen atoms in total. The van der Waals surface area contributed by atoms with E-state index < -0.39 is 11.8 Å². The summed E-state index contributed by atoms with van der Waals surface area (Å²) in [5.74, 6) is -0.832.